The Bertz CT molecular complexity index is 778. The van der Waals surface area contributed by atoms with Crippen molar-refractivity contribution in [3.63, 3.8) is 0 Å². The quantitative estimate of drug-likeness (QED) is 0.734. The summed E-state index contributed by atoms with van der Waals surface area (Å²) in [6.45, 7) is 2.34. The van der Waals surface area contributed by atoms with Crippen LogP contribution >= 0.6 is 11.3 Å². The van der Waals surface area contributed by atoms with Crippen LogP contribution < -0.4 is 15.3 Å². The summed E-state index contributed by atoms with van der Waals surface area (Å²) < 4.78 is 26.9. The van der Waals surface area contributed by atoms with Gasteiger partial charge in [0, 0.05) is 17.6 Å². The number of aromatic amines is 1. The van der Waals surface area contributed by atoms with E-state index in [1.165, 1.54) is 0 Å². The highest BCUT2D eigenvalue weighted by Crippen LogP contribution is 2.16. The normalized spacial score (nSPS) is 11.7. The molecule has 1 aromatic carbocycles. The van der Waals surface area contributed by atoms with Crippen molar-refractivity contribution in [2.24, 2.45) is 5.73 Å². The fraction of sp³-hybridized carbons (Fsp3) is 0.308. The van der Waals surface area contributed by atoms with Crippen molar-refractivity contribution in [1.29, 1.82) is 0 Å². The third-order valence-electron chi connectivity index (χ3n) is 3.11. The van der Waals surface area contributed by atoms with E-state index < -0.39 is 10.0 Å². The molecule has 0 aliphatic carbocycles. The SMILES string of the molecule is CCc1ccc(S(=O)(=O)NCc2csc(=O)[nH]2)cc1CN. The summed E-state index contributed by atoms with van der Waals surface area (Å²) >= 11 is 0.999. The molecule has 6 nitrogen and oxygen atoms in total. The first-order chi connectivity index (χ1) is 9.96. The highest BCUT2D eigenvalue weighted by atomic mass is 32.2. The van der Waals surface area contributed by atoms with Crippen LogP contribution in [0, 0.1) is 0 Å². The number of H-pyrrole nitrogens is 1. The zero-order valence-electron chi connectivity index (χ0n) is 11.5. The number of hydrogen-bond acceptors (Lipinski definition) is 5. The van der Waals surface area contributed by atoms with E-state index >= 15 is 0 Å². The van der Waals surface area contributed by atoms with Crippen LogP contribution in [0.4, 0.5) is 0 Å². The Morgan fingerprint density at radius 3 is 2.67 bits per heavy atom. The van der Waals surface area contributed by atoms with Crippen LogP contribution in [0.3, 0.4) is 0 Å². The van der Waals surface area contributed by atoms with Gasteiger partial charge in [0.05, 0.1) is 11.4 Å². The molecule has 1 aromatic heterocycles. The van der Waals surface area contributed by atoms with Gasteiger partial charge in [-0.2, -0.15) is 0 Å². The van der Waals surface area contributed by atoms with Gasteiger partial charge < -0.3 is 10.7 Å². The Labute approximate surface area is 127 Å². The number of nitrogens with two attached hydrogens (primary N) is 1. The number of nitrogens with one attached hydrogen (secondary N) is 2. The Hall–Kier alpha value is -1.48. The van der Waals surface area contributed by atoms with E-state index in [1.54, 1.807) is 23.6 Å². The average molecular weight is 327 g/mol. The molecule has 0 amide bonds. The maximum Gasteiger partial charge on any atom is 0.304 e. The van der Waals surface area contributed by atoms with Gasteiger partial charge in [0.2, 0.25) is 10.0 Å². The molecule has 8 heteroatoms. The third-order valence-corrected chi connectivity index (χ3v) is 5.23. The first-order valence-electron chi connectivity index (χ1n) is 6.44. The van der Waals surface area contributed by atoms with E-state index in [2.05, 4.69) is 9.71 Å². The zero-order valence-corrected chi connectivity index (χ0v) is 13.2. The second-order valence-corrected chi connectivity index (χ2v) is 7.10. The molecule has 4 N–H and O–H groups in total. The summed E-state index contributed by atoms with van der Waals surface area (Å²) in [4.78, 5) is 13.5. The monoisotopic (exact) mass is 327 g/mol. The van der Waals surface area contributed by atoms with Crippen LogP contribution in [0.2, 0.25) is 0 Å². The van der Waals surface area contributed by atoms with Gasteiger partial charge in [-0.1, -0.05) is 24.3 Å². The van der Waals surface area contributed by atoms with Crippen molar-refractivity contribution >= 4 is 21.4 Å². The van der Waals surface area contributed by atoms with Gasteiger partial charge in [-0.3, -0.25) is 4.79 Å². The Morgan fingerprint density at radius 2 is 2.10 bits per heavy atom. The topological polar surface area (TPSA) is 105 Å². The fourth-order valence-electron chi connectivity index (χ4n) is 1.96. The standard InChI is InChI=1S/C13H17N3O3S2/c1-2-9-3-4-12(5-10(9)6-14)21(18,19)15-7-11-8-20-13(17)16-11/h3-5,8,15H,2,6-7,14H2,1H3,(H,16,17). The highest BCUT2D eigenvalue weighted by Gasteiger charge is 2.15. The van der Waals surface area contributed by atoms with Crippen LogP contribution in [0.5, 0.6) is 0 Å². The van der Waals surface area contributed by atoms with Crippen molar-refractivity contribution in [2.45, 2.75) is 31.3 Å². The van der Waals surface area contributed by atoms with Gasteiger partial charge >= 0.3 is 4.87 Å². The predicted molar refractivity (Wildman–Crippen MR) is 82.7 cm³/mol. The third kappa shape index (κ3) is 3.79. The van der Waals surface area contributed by atoms with Crippen molar-refractivity contribution < 1.29 is 8.42 Å². The van der Waals surface area contributed by atoms with E-state index in [0.717, 1.165) is 28.9 Å². The summed E-state index contributed by atoms with van der Waals surface area (Å²) in [7, 11) is -3.63. The van der Waals surface area contributed by atoms with Crippen LogP contribution in [-0.4, -0.2) is 13.4 Å². The largest absolute Gasteiger partial charge is 0.326 e. The van der Waals surface area contributed by atoms with Crippen molar-refractivity contribution in [1.82, 2.24) is 9.71 Å². The van der Waals surface area contributed by atoms with Crippen LogP contribution in [-0.2, 0) is 29.5 Å². The molecular formula is C13H17N3O3S2. The van der Waals surface area contributed by atoms with Crippen LogP contribution in [0.15, 0.2) is 33.3 Å². The first kappa shape index (κ1) is 15.9. The van der Waals surface area contributed by atoms with Gasteiger partial charge in [0.25, 0.3) is 0 Å². The minimum Gasteiger partial charge on any atom is -0.326 e. The number of rotatable bonds is 6. The van der Waals surface area contributed by atoms with Gasteiger partial charge in [-0.05, 0) is 29.7 Å². The number of hydrogen-bond donors (Lipinski definition) is 3. The summed E-state index contributed by atoms with van der Waals surface area (Å²) in [6, 6.07) is 4.94. The van der Waals surface area contributed by atoms with E-state index in [-0.39, 0.29) is 16.3 Å². The maximum atomic E-state index is 12.2. The Kier molecular flexibility index (Phi) is 4.94. The highest BCUT2D eigenvalue weighted by molar-refractivity contribution is 7.89. The number of sulfonamides is 1. The lowest BCUT2D eigenvalue weighted by atomic mass is 10.1. The number of aryl methyl sites for hydroxylation is 1. The average Bonchev–Trinajstić information content (AvgIpc) is 2.90. The summed E-state index contributed by atoms with van der Waals surface area (Å²) in [5.74, 6) is 0. The minimum absolute atomic E-state index is 0.0502. The molecule has 0 spiro atoms. The second-order valence-electron chi connectivity index (χ2n) is 4.49. The number of benzene rings is 1. The molecule has 114 valence electrons. The van der Waals surface area contributed by atoms with E-state index in [1.807, 2.05) is 6.92 Å². The van der Waals surface area contributed by atoms with E-state index in [4.69, 9.17) is 5.73 Å². The molecule has 0 saturated carbocycles. The molecular weight excluding hydrogens is 310 g/mol. The molecule has 0 saturated heterocycles. The van der Waals surface area contributed by atoms with Crippen molar-refractivity contribution in [3.8, 4) is 0 Å². The van der Waals surface area contributed by atoms with Gasteiger partial charge in [-0.25, -0.2) is 13.1 Å². The summed E-state index contributed by atoms with van der Waals surface area (Å²) in [5.41, 5.74) is 8.06. The Morgan fingerprint density at radius 1 is 1.33 bits per heavy atom. The van der Waals surface area contributed by atoms with E-state index in [9.17, 15) is 13.2 Å². The van der Waals surface area contributed by atoms with Crippen molar-refractivity contribution in [2.75, 3.05) is 0 Å². The lowest BCUT2D eigenvalue weighted by Gasteiger charge is -2.10. The molecule has 0 fully saturated rings. The molecule has 2 rings (SSSR count). The fourth-order valence-corrected chi connectivity index (χ4v) is 3.60. The van der Waals surface area contributed by atoms with Gasteiger partial charge in [0.1, 0.15) is 0 Å². The minimum atomic E-state index is -3.63. The molecule has 0 bridgehead atoms. The van der Waals surface area contributed by atoms with E-state index in [0.29, 0.717) is 12.2 Å². The van der Waals surface area contributed by atoms with Crippen LogP contribution in [0.1, 0.15) is 23.7 Å². The zero-order chi connectivity index (χ0) is 15.5. The van der Waals surface area contributed by atoms with Crippen LogP contribution in [0.25, 0.3) is 0 Å². The molecule has 21 heavy (non-hydrogen) atoms. The maximum absolute atomic E-state index is 12.2. The van der Waals surface area contributed by atoms with Gasteiger partial charge in [0.15, 0.2) is 0 Å². The molecule has 0 aliphatic heterocycles. The lowest BCUT2D eigenvalue weighted by molar-refractivity contribution is 0.580. The molecule has 0 unspecified atom stereocenters. The summed E-state index contributed by atoms with van der Waals surface area (Å²) in [5, 5.41) is 1.59. The Balaban J connectivity index is 2.21. The molecule has 0 atom stereocenters. The van der Waals surface area contributed by atoms with Crippen molar-refractivity contribution in [3.05, 3.63) is 50.1 Å². The van der Waals surface area contributed by atoms with Gasteiger partial charge in [-0.15, -0.1) is 0 Å². The summed E-state index contributed by atoms with van der Waals surface area (Å²) in [6.07, 6.45) is 0.802. The molecule has 0 radical (unpaired) electrons. The number of aromatic nitrogens is 1. The first-order valence-corrected chi connectivity index (χ1v) is 8.80. The molecule has 1 heterocycles. The molecule has 0 aliphatic rings. The molecule has 2 aromatic rings. The number of thiazole rings is 1. The predicted octanol–water partition coefficient (Wildman–Crippen LogP) is 0.936. The second kappa shape index (κ2) is 6.52. The lowest BCUT2D eigenvalue weighted by Crippen LogP contribution is -2.24. The smallest absolute Gasteiger partial charge is 0.304 e.